The molecule has 0 aliphatic heterocycles. The maximum absolute atomic E-state index is 9.59. The van der Waals surface area contributed by atoms with Crippen LogP contribution in [-0.4, -0.2) is 18.0 Å². The van der Waals surface area contributed by atoms with Gasteiger partial charge in [-0.2, -0.15) is 0 Å². The van der Waals surface area contributed by atoms with E-state index in [1.54, 1.807) is 7.11 Å². The molecule has 1 unspecified atom stereocenters. The average molecular weight is 373 g/mol. The van der Waals surface area contributed by atoms with Crippen LogP contribution in [-0.2, 0) is 29.8 Å². The Morgan fingerprint density at radius 3 is 2.32 bits per heavy atom. The Labute approximate surface area is 165 Å². The number of methoxy groups -OCH3 is 1. The van der Waals surface area contributed by atoms with E-state index < -0.39 is 5.60 Å². The molecule has 3 aromatic carbocycles. The fraction of sp³-hybridized carbons (Fsp3) is 0.208. The normalized spacial score (nSPS) is 19.5. The Morgan fingerprint density at radius 2 is 1.61 bits per heavy atom. The minimum atomic E-state index is -0.738. The summed E-state index contributed by atoms with van der Waals surface area (Å²) in [4.78, 5) is 0. The molecule has 0 spiro atoms. The lowest BCUT2D eigenvalue weighted by atomic mass is 9.87. The van der Waals surface area contributed by atoms with Gasteiger partial charge in [0.2, 0.25) is 0 Å². The predicted octanol–water partition coefficient (Wildman–Crippen LogP) is 4.74. The van der Waals surface area contributed by atoms with Gasteiger partial charge in [-0.3, -0.25) is 0 Å². The summed E-state index contributed by atoms with van der Waals surface area (Å²) in [6.45, 7) is 0.539. The summed E-state index contributed by atoms with van der Waals surface area (Å²) < 4.78 is 11.8. The van der Waals surface area contributed by atoms with E-state index in [1.807, 2.05) is 72.8 Å². The first-order valence-electron chi connectivity index (χ1n) is 9.36. The Balaban J connectivity index is 1.53. The molecule has 1 N–H and O–H groups in total. The Hall–Kier alpha value is -3.11. The number of nitrogens with zero attached hydrogens (tertiary/aromatic N) is 1. The van der Waals surface area contributed by atoms with Crippen molar-refractivity contribution in [1.82, 2.24) is 0 Å². The van der Waals surface area contributed by atoms with Gasteiger partial charge in [0, 0.05) is 20.0 Å². The second-order valence-electron chi connectivity index (χ2n) is 7.01. The van der Waals surface area contributed by atoms with Crippen LogP contribution >= 0.6 is 0 Å². The standard InChI is InChI=1S/C24H23NO3/c1-27-24(22-10-6-5-9-20(22)15-23(24)25-26)16-18-11-13-21(14-12-18)28-17-19-7-3-2-4-8-19/h2-14,26H,15-17H2,1H3/b25-23+. The van der Waals surface area contributed by atoms with Crippen LogP contribution in [0.1, 0.15) is 22.3 Å². The minimum Gasteiger partial charge on any atom is -0.489 e. The van der Waals surface area contributed by atoms with E-state index in [1.165, 1.54) is 0 Å². The third-order valence-corrected chi connectivity index (χ3v) is 5.37. The molecule has 28 heavy (non-hydrogen) atoms. The molecule has 1 atom stereocenters. The third-order valence-electron chi connectivity index (χ3n) is 5.37. The number of benzene rings is 3. The second kappa shape index (κ2) is 7.87. The van der Waals surface area contributed by atoms with Gasteiger partial charge in [-0.05, 0) is 34.4 Å². The van der Waals surface area contributed by atoms with E-state index in [0.29, 0.717) is 25.2 Å². The van der Waals surface area contributed by atoms with Crippen LogP contribution in [0.3, 0.4) is 0 Å². The first kappa shape index (κ1) is 18.3. The fourth-order valence-electron chi connectivity index (χ4n) is 3.89. The second-order valence-corrected chi connectivity index (χ2v) is 7.01. The zero-order valence-corrected chi connectivity index (χ0v) is 15.8. The maximum Gasteiger partial charge on any atom is 0.139 e. The highest BCUT2D eigenvalue weighted by atomic mass is 16.5. The molecular formula is C24H23NO3. The van der Waals surface area contributed by atoms with Crippen LogP contribution in [0.2, 0.25) is 0 Å². The number of hydrogen-bond acceptors (Lipinski definition) is 4. The van der Waals surface area contributed by atoms with Gasteiger partial charge >= 0.3 is 0 Å². The van der Waals surface area contributed by atoms with Crippen LogP contribution in [0, 0.1) is 0 Å². The van der Waals surface area contributed by atoms with E-state index in [4.69, 9.17) is 9.47 Å². The lowest BCUT2D eigenvalue weighted by Gasteiger charge is -2.29. The van der Waals surface area contributed by atoms with Gasteiger partial charge in [0.25, 0.3) is 0 Å². The van der Waals surface area contributed by atoms with Gasteiger partial charge in [-0.1, -0.05) is 71.9 Å². The van der Waals surface area contributed by atoms with E-state index >= 15 is 0 Å². The smallest absolute Gasteiger partial charge is 0.139 e. The predicted molar refractivity (Wildman–Crippen MR) is 109 cm³/mol. The monoisotopic (exact) mass is 373 g/mol. The third kappa shape index (κ3) is 3.39. The lowest BCUT2D eigenvalue weighted by Crippen LogP contribution is -2.36. The lowest BCUT2D eigenvalue weighted by molar-refractivity contribution is 0.0474. The molecule has 1 aliphatic rings. The number of ether oxygens (including phenoxy) is 2. The molecule has 3 aromatic rings. The van der Waals surface area contributed by atoms with Crippen molar-refractivity contribution in [3.63, 3.8) is 0 Å². The Bertz CT molecular complexity index is 967. The average Bonchev–Trinajstić information content (AvgIpc) is 3.08. The van der Waals surface area contributed by atoms with E-state index in [-0.39, 0.29) is 0 Å². The number of oxime groups is 1. The quantitative estimate of drug-likeness (QED) is 0.502. The summed E-state index contributed by atoms with van der Waals surface area (Å²) in [6, 6.07) is 26.2. The summed E-state index contributed by atoms with van der Waals surface area (Å²) >= 11 is 0. The zero-order valence-electron chi connectivity index (χ0n) is 15.8. The van der Waals surface area contributed by atoms with Crippen molar-refractivity contribution in [2.75, 3.05) is 7.11 Å². The highest BCUT2D eigenvalue weighted by Crippen LogP contribution is 2.40. The van der Waals surface area contributed by atoms with Crippen LogP contribution < -0.4 is 4.74 Å². The number of hydrogen-bond donors (Lipinski definition) is 1. The van der Waals surface area contributed by atoms with Gasteiger partial charge in [-0.25, -0.2) is 0 Å². The van der Waals surface area contributed by atoms with E-state index in [2.05, 4.69) is 11.2 Å². The van der Waals surface area contributed by atoms with Crippen LogP contribution in [0.5, 0.6) is 5.75 Å². The van der Waals surface area contributed by atoms with Gasteiger partial charge < -0.3 is 14.7 Å². The summed E-state index contributed by atoms with van der Waals surface area (Å²) in [5, 5.41) is 13.2. The van der Waals surface area contributed by atoms with Crippen LogP contribution in [0.4, 0.5) is 0 Å². The largest absolute Gasteiger partial charge is 0.489 e. The molecule has 4 heteroatoms. The molecule has 0 radical (unpaired) electrons. The molecule has 0 fully saturated rings. The molecule has 4 rings (SSSR count). The van der Waals surface area contributed by atoms with Crippen molar-refractivity contribution in [3.05, 3.63) is 101 Å². The summed E-state index contributed by atoms with van der Waals surface area (Å²) in [5.74, 6) is 0.821. The Morgan fingerprint density at radius 1 is 0.893 bits per heavy atom. The van der Waals surface area contributed by atoms with Crippen molar-refractivity contribution in [1.29, 1.82) is 0 Å². The van der Waals surface area contributed by atoms with Gasteiger partial charge in [0.1, 0.15) is 18.0 Å². The van der Waals surface area contributed by atoms with Crippen molar-refractivity contribution in [3.8, 4) is 5.75 Å². The highest BCUT2D eigenvalue weighted by molar-refractivity contribution is 5.99. The molecule has 0 heterocycles. The molecule has 4 nitrogen and oxygen atoms in total. The first-order chi connectivity index (χ1) is 13.7. The molecular weight excluding hydrogens is 350 g/mol. The Kier molecular flexibility index (Phi) is 5.13. The van der Waals surface area contributed by atoms with Crippen LogP contribution in [0.25, 0.3) is 0 Å². The molecule has 142 valence electrons. The molecule has 0 saturated carbocycles. The minimum absolute atomic E-state index is 0.539. The van der Waals surface area contributed by atoms with Crippen molar-refractivity contribution >= 4 is 5.71 Å². The summed E-state index contributed by atoms with van der Waals surface area (Å²) in [7, 11) is 1.67. The van der Waals surface area contributed by atoms with Crippen molar-refractivity contribution in [2.24, 2.45) is 5.16 Å². The fourth-order valence-corrected chi connectivity index (χ4v) is 3.89. The summed E-state index contributed by atoms with van der Waals surface area (Å²) in [6.07, 6.45) is 1.19. The molecule has 0 amide bonds. The summed E-state index contributed by atoms with van der Waals surface area (Å²) in [5.41, 5.74) is 4.33. The topological polar surface area (TPSA) is 51.0 Å². The zero-order chi connectivity index (χ0) is 19.4. The van der Waals surface area contributed by atoms with Crippen molar-refractivity contribution < 1.29 is 14.7 Å². The van der Waals surface area contributed by atoms with E-state index in [0.717, 1.165) is 28.0 Å². The maximum atomic E-state index is 9.59. The highest BCUT2D eigenvalue weighted by Gasteiger charge is 2.45. The molecule has 1 aliphatic carbocycles. The van der Waals surface area contributed by atoms with Gasteiger partial charge in [0.05, 0.1) is 5.71 Å². The molecule has 0 saturated heterocycles. The number of fused-ring (bicyclic) bond motifs is 1. The number of rotatable bonds is 6. The molecule has 0 bridgehead atoms. The van der Waals surface area contributed by atoms with Crippen LogP contribution in [0.15, 0.2) is 84.0 Å². The van der Waals surface area contributed by atoms with Gasteiger partial charge in [-0.15, -0.1) is 0 Å². The first-order valence-corrected chi connectivity index (χ1v) is 9.36. The SMILES string of the molecule is COC1(Cc2ccc(OCc3ccccc3)cc2)/C(=N/O)Cc2ccccc21. The van der Waals surface area contributed by atoms with Gasteiger partial charge in [0.15, 0.2) is 0 Å². The molecule has 0 aromatic heterocycles. The van der Waals surface area contributed by atoms with Crippen molar-refractivity contribution in [2.45, 2.75) is 25.0 Å². The van der Waals surface area contributed by atoms with E-state index in [9.17, 15) is 5.21 Å².